The molecule has 0 saturated heterocycles. The first-order valence-corrected chi connectivity index (χ1v) is 12.3. The molecule has 0 aliphatic heterocycles. The number of aliphatic carboxylic acids is 1. The highest BCUT2D eigenvalue weighted by Gasteiger charge is 2.21. The van der Waals surface area contributed by atoms with E-state index in [0.29, 0.717) is 34.2 Å². The Balaban J connectivity index is 1.53. The maximum absolute atomic E-state index is 14.5. The summed E-state index contributed by atoms with van der Waals surface area (Å²) in [6, 6.07) is 14.7. The average molecular weight is 523 g/mol. The Morgan fingerprint density at radius 1 is 1.08 bits per heavy atom. The second-order valence-corrected chi connectivity index (χ2v) is 9.63. The predicted octanol–water partition coefficient (Wildman–Crippen LogP) is 6.89. The lowest BCUT2D eigenvalue weighted by atomic mass is 10.0. The molecule has 1 amide bonds. The van der Waals surface area contributed by atoms with Gasteiger partial charge in [0.1, 0.15) is 23.0 Å². The Bertz CT molecular complexity index is 1510. The van der Waals surface area contributed by atoms with Crippen LogP contribution in [0, 0.1) is 19.7 Å². The third-order valence-corrected chi connectivity index (χ3v) is 6.76. The highest BCUT2D eigenvalue weighted by atomic mass is 35.5. The minimum absolute atomic E-state index is 0.0456. The topological polar surface area (TPSA) is 80.6 Å². The van der Waals surface area contributed by atoms with Gasteiger partial charge in [0.2, 0.25) is 0 Å². The van der Waals surface area contributed by atoms with Crippen molar-refractivity contribution in [2.75, 3.05) is 0 Å². The van der Waals surface area contributed by atoms with Crippen LogP contribution in [0.15, 0.2) is 54.6 Å². The van der Waals surface area contributed by atoms with Crippen LogP contribution in [0.4, 0.5) is 4.39 Å². The number of hydrogen-bond acceptors (Lipinski definition) is 3. The van der Waals surface area contributed by atoms with E-state index in [1.165, 1.54) is 12.1 Å². The number of amides is 1. The van der Waals surface area contributed by atoms with E-state index in [-0.39, 0.29) is 12.3 Å². The zero-order valence-electron chi connectivity index (χ0n) is 21.1. The molecule has 1 unspecified atom stereocenters. The number of rotatable bonds is 8. The third-order valence-electron chi connectivity index (χ3n) is 6.53. The summed E-state index contributed by atoms with van der Waals surface area (Å²) in [5.74, 6) is -0.815. The molecule has 1 atom stereocenters. The molecule has 0 bridgehead atoms. The average Bonchev–Trinajstić information content (AvgIpc) is 3.07. The Hall–Kier alpha value is -3.84. The number of nitrogens with zero attached hydrogens (tertiary/aromatic N) is 1. The Morgan fingerprint density at radius 2 is 1.84 bits per heavy atom. The molecule has 4 rings (SSSR count). The fourth-order valence-electron chi connectivity index (χ4n) is 4.55. The molecule has 0 fully saturated rings. The van der Waals surface area contributed by atoms with Gasteiger partial charge in [0.15, 0.2) is 0 Å². The molecule has 6 nitrogen and oxygen atoms in total. The number of carbonyl (C=O) groups is 2. The lowest BCUT2D eigenvalue weighted by Crippen LogP contribution is -2.29. The van der Waals surface area contributed by atoms with E-state index in [4.69, 9.17) is 21.4 Å². The smallest absolute Gasteiger partial charge is 0.303 e. The van der Waals surface area contributed by atoms with E-state index in [1.54, 1.807) is 31.2 Å². The Kier molecular flexibility index (Phi) is 7.55. The van der Waals surface area contributed by atoms with Crippen molar-refractivity contribution in [1.29, 1.82) is 0 Å². The summed E-state index contributed by atoms with van der Waals surface area (Å²) in [6.45, 7) is 5.54. The van der Waals surface area contributed by atoms with Crippen LogP contribution in [0.5, 0.6) is 11.5 Å². The quantitative estimate of drug-likeness (QED) is 0.264. The van der Waals surface area contributed by atoms with Crippen molar-refractivity contribution in [2.24, 2.45) is 7.05 Å². The molecule has 1 aromatic heterocycles. The van der Waals surface area contributed by atoms with Gasteiger partial charge in [0, 0.05) is 35.5 Å². The van der Waals surface area contributed by atoms with Crippen molar-refractivity contribution in [3.8, 4) is 11.5 Å². The van der Waals surface area contributed by atoms with E-state index in [2.05, 4.69) is 5.32 Å². The second kappa shape index (κ2) is 10.6. The predicted molar refractivity (Wildman–Crippen MR) is 142 cm³/mol. The molecule has 8 heteroatoms. The maximum atomic E-state index is 14.5. The first kappa shape index (κ1) is 26.2. The number of hydrogen-bond donors (Lipinski definition) is 2. The van der Waals surface area contributed by atoms with Crippen molar-refractivity contribution in [3.63, 3.8) is 0 Å². The number of carboxylic acids is 1. The van der Waals surface area contributed by atoms with Gasteiger partial charge in [-0.2, -0.15) is 0 Å². The number of halogens is 2. The van der Waals surface area contributed by atoms with Gasteiger partial charge in [0.25, 0.3) is 5.91 Å². The van der Waals surface area contributed by atoms with Crippen molar-refractivity contribution < 1.29 is 23.8 Å². The summed E-state index contributed by atoms with van der Waals surface area (Å²) >= 11 is 6.15. The number of nitrogens with one attached hydrogen (secondary N) is 1. The fourth-order valence-corrected chi connectivity index (χ4v) is 4.73. The van der Waals surface area contributed by atoms with Crippen LogP contribution in [0.2, 0.25) is 5.02 Å². The van der Waals surface area contributed by atoms with Gasteiger partial charge in [-0.1, -0.05) is 17.7 Å². The number of carboxylic acid groups (broad SMARTS) is 1. The first-order valence-electron chi connectivity index (χ1n) is 11.9. The lowest BCUT2D eigenvalue weighted by molar-refractivity contribution is -0.136. The van der Waals surface area contributed by atoms with Crippen molar-refractivity contribution >= 4 is 34.4 Å². The first-order chi connectivity index (χ1) is 17.5. The highest BCUT2D eigenvalue weighted by Crippen LogP contribution is 2.30. The van der Waals surface area contributed by atoms with Crippen LogP contribution in [0.3, 0.4) is 0 Å². The summed E-state index contributed by atoms with van der Waals surface area (Å²) in [5, 5.41) is 13.4. The van der Waals surface area contributed by atoms with E-state index >= 15 is 0 Å². The molecule has 4 aromatic rings. The van der Waals surface area contributed by atoms with Gasteiger partial charge in [-0.3, -0.25) is 9.59 Å². The van der Waals surface area contributed by atoms with Crippen LogP contribution in [0.25, 0.3) is 10.9 Å². The SMILES string of the molecule is Cc1cc(Oc2cc(F)cc(C(C)NC(=O)c3c(C)c4cc(Cl)ccc4n3C)c2)ccc1CCC(=O)O. The number of aryl methyl sites for hydroxylation is 4. The molecule has 2 N–H and O–H groups in total. The molecule has 0 aliphatic carbocycles. The largest absolute Gasteiger partial charge is 0.481 e. The summed E-state index contributed by atoms with van der Waals surface area (Å²) in [7, 11) is 1.83. The molecule has 192 valence electrons. The van der Waals surface area contributed by atoms with E-state index < -0.39 is 17.8 Å². The molecule has 0 saturated carbocycles. The summed E-state index contributed by atoms with van der Waals surface area (Å²) < 4.78 is 22.2. The zero-order chi connectivity index (χ0) is 26.9. The van der Waals surface area contributed by atoms with Crippen LogP contribution in [-0.2, 0) is 18.3 Å². The molecule has 1 heterocycles. The monoisotopic (exact) mass is 522 g/mol. The maximum Gasteiger partial charge on any atom is 0.303 e. The molecule has 37 heavy (non-hydrogen) atoms. The summed E-state index contributed by atoms with van der Waals surface area (Å²) in [5.41, 5.74) is 4.58. The normalized spacial score (nSPS) is 11.9. The molecular weight excluding hydrogens is 495 g/mol. The fraction of sp³-hybridized carbons (Fsp3) is 0.241. The van der Waals surface area contributed by atoms with Gasteiger partial charge >= 0.3 is 5.97 Å². The van der Waals surface area contributed by atoms with Crippen LogP contribution in [-0.4, -0.2) is 21.6 Å². The number of fused-ring (bicyclic) bond motifs is 1. The summed E-state index contributed by atoms with van der Waals surface area (Å²) in [6.07, 6.45) is 0.468. The van der Waals surface area contributed by atoms with Crippen molar-refractivity contribution in [2.45, 2.75) is 39.7 Å². The van der Waals surface area contributed by atoms with Gasteiger partial charge in [0.05, 0.1) is 6.04 Å². The standard InChI is InChI=1S/C29H28ClFN2O4/c1-16-11-23(8-5-19(16)6-10-27(34)35)37-24-13-20(12-22(31)15-24)18(3)32-29(36)28-17(2)25-14-21(30)7-9-26(25)33(28)4/h5,7-9,11-15,18H,6,10H2,1-4H3,(H,32,36)(H,34,35). The van der Waals surface area contributed by atoms with E-state index in [9.17, 15) is 14.0 Å². The second-order valence-electron chi connectivity index (χ2n) is 9.19. The number of ether oxygens (including phenoxy) is 1. The van der Waals surface area contributed by atoms with E-state index in [1.807, 2.05) is 43.7 Å². The highest BCUT2D eigenvalue weighted by molar-refractivity contribution is 6.31. The van der Waals surface area contributed by atoms with Crippen LogP contribution < -0.4 is 10.1 Å². The zero-order valence-corrected chi connectivity index (χ0v) is 21.8. The van der Waals surface area contributed by atoms with Gasteiger partial charge in [-0.05, 0) is 91.9 Å². The van der Waals surface area contributed by atoms with Gasteiger partial charge in [-0.25, -0.2) is 4.39 Å². The van der Waals surface area contributed by atoms with Gasteiger partial charge < -0.3 is 19.7 Å². The van der Waals surface area contributed by atoms with E-state index in [0.717, 1.165) is 27.6 Å². The molecule has 0 spiro atoms. The number of carbonyl (C=O) groups excluding carboxylic acids is 1. The number of benzene rings is 3. The lowest BCUT2D eigenvalue weighted by Gasteiger charge is -2.17. The van der Waals surface area contributed by atoms with Crippen LogP contribution in [0.1, 0.15) is 52.1 Å². The van der Waals surface area contributed by atoms with Gasteiger partial charge in [-0.15, -0.1) is 0 Å². The third kappa shape index (κ3) is 5.78. The molecule has 3 aromatic carbocycles. The Morgan fingerprint density at radius 3 is 2.54 bits per heavy atom. The molecule has 0 aliphatic rings. The Labute approximate surface area is 219 Å². The van der Waals surface area contributed by atoms with Crippen molar-refractivity contribution in [3.05, 3.63) is 93.4 Å². The molecular formula is C29H28ClFN2O4. The number of aromatic nitrogens is 1. The molecule has 0 radical (unpaired) electrons. The van der Waals surface area contributed by atoms with Crippen LogP contribution >= 0.6 is 11.6 Å². The minimum atomic E-state index is -0.854. The minimum Gasteiger partial charge on any atom is -0.481 e. The summed E-state index contributed by atoms with van der Waals surface area (Å²) in [4.78, 5) is 24.1. The van der Waals surface area contributed by atoms with Crippen molar-refractivity contribution in [1.82, 2.24) is 9.88 Å².